The number of hydrogen-bond donors (Lipinski definition) is 1. The lowest BCUT2D eigenvalue weighted by molar-refractivity contribution is 0.406. The van der Waals surface area contributed by atoms with Crippen molar-refractivity contribution in [2.75, 3.05) is 6.54 Å². The second-order valence-electron chi connectivity index (χ2n) is 4.24. The maximum Gasteiger partial charge on any atom is 0.199 e. The SMILES string of the molecule is Fc1cccc2nc(C3CCCCN3)cn12. The van der Waals surface area contributed by atoms with Gasteiger partial charge in [-0.15, -0.1) is 0 Å². The molecule has 84 valence electrons. The first-order chi connectivity index (χ1) is 7.84. The molecule has 0 amide bonds. The number of aromatic nitrogens is 2. The van der Waals surface area contributed by atoms with E-state index in [0.29, 0.717) is 5.65 Å². The predicted octanol–water partition coefficient (Wildman–Crippen LogP) is 2.29. The minimum Gasteiger partial charge on any atom is -0.309 e. The normalized spacial score (nSPS) is 21.4. The van der Waals surface area contributed by atoms with E-state index in [9.17, 15) is 4.39 Å². The van der Waals surface area contributed by atoms with Crippen molar-refractivity contribution in [3.8, 4) is 0 Å². The van der Waals surface area contributed by atoms with Crippen molar-refractivity contribution >= 4 is 5.65 Å². The lowest BCUT2D eigenvalue weighted by atomic mass is 10.0. The van der Waals surface area contributed by atoms with Gasteiger partial charge in [0.05, 0.1) is 11.7 Å². The molecule has 0 aliphatic carbocycles. The quantitative estimate of drug-likeness (QED) is 0.746. The molecule has 0 radical (unpaired) electrons. The molecule has 0 aromatic carbocycles. The van der Waals surface area contributed by atoms with Gasteiger partial charge in [-0.2, -0.15) is 4.39 Å². The lowest BCUT2D eigenvalue weighted by Crippen LogP contribution is -2.26. The minimum atomic E-state index is -0.257. The van der Waals surface area contributed by atoms with E-state index in [-0.39, 0.29) is 12.0 Å². The van der Waals surface area contributed by atoms with E-state index >= 15 is 0 Å². The van der Waals surface area contributed by atoms with Crippen LogP contribution in [0.3, 0.4) is 0 Å². The third-order valence-electron chi connectivity index (χ3n) is 3.13. The molecule has 3 heterocycles. The summed E-state index contributed by atoms with van der Waals surface area (Å²) < 4.78 is 15.0. The molecule has 1 aliphatic heterocycles. The number of halogens is 1. The average Bonchev–Trinajstić information content (AvgIpc) is 2.76. The van der Waals surface area contributed by atoms with E-state index in [2.05, 4.69) is 10.3 Å². The third kappa shape index (κ3) is 1.59. The van der Waals surface area contributed by atoms with E-state index in [0.717, 1.165) is 18.7 Å². The van der Waals surface area contributed by atoms with Crippen LogP contribution in [-0.2, 0) is 0 Å². The van der Waals surface area contributed by atoms with Crippen LogP contribution < -0.4 is 5.32 Å². The van der Waals surface area contributed by atoms with E-state index in [1.165, 1.54) is 23.3 Å². The molecule has 1 saturated heterocycles. The smallest absolute Gasteiger partial charge is 0.199 e. The fourth-order valence-corrected chi connectivity index (χ4v) is 2.27. The van der Waals surface area contributed by atoms with E-state index in [1.54, 1.807) is 12.3 Å². The Morgan fingerprint density at radius 1 is 1.38 bits per heavy atom. The molecule has 3 nitrogen and oxygen atoms in total. The van der Waals surface area contributed by atoms with Gasteiger partial charge in [0.25, 0.3) is 0 Å². The number of nitrogens with one attached hydrogen (secondary N) is 1. The molecule has 0 saturated carbocycles. The zero-order valence-corrected chi connectivity index (χ0v) is 8.99. The van der Waals surface area contributed by atoms with Crippen molar-refractivity contribution in [2.45, 2.75) is 25.3 Å². The number of piperidine rings is 1. The van der Waals surface area contributed by atoms with E-state index in [1.807, 2.05) is 6.07 Å². The second-order valence-corrected chi connectivity index (χ2v) is 4.24. The van der Waals surface area contributed by atoms with Crippen LogP contribution in [0.15, 0.2) is 24.4 Å². The van der Waals surface area contributed by atoms with Gasteiger partial charge in [-0.1, -0.05) is 12.5 Å². The molecule has 0 bridgehead atoms. The van der Waals surface area contributed by atoms with Gasteiger partial charge in [0.15, 0.2) is 5.95 Å². The molecule has 1 atom stereocenters. The zero-order chi connectivity index (χ0) is 11.0. The summed E-state index contributed by atoms with van der Waals surface area (Å²) in [6.45, 7) is 1.03. The molecule has 1 fully saturated rings. The van der Waals surface area contributed by atoms with Crippen molar-refractivity contribution in [1.29, 1.82) is 0 Å². The summed E-state index contributed by atoms with van der Waals surface area (Å²) in [5.41, 5.74) is 1.63. The van der Waals surface area contributed by atoms with Gasteiger partial charge in [0.1, 0.15) is 5.65 Å². The third-order valence-corrected chi connectivity index (χ3v) is 3.13. The largest absolute Gasteiger partial charge is 0.309 e. The molecule has 2 aromatic rings. The zero-order valence-electron chi connectivity index (χ0n) is 8.99. The van der Waals surface area contributed by atoms with Gasteiger partial charge in [0, 0.05) is 6.20 Å². The highest BCUT2D eigenvalue weighted by molar-refractivity contribution is 5.40. The van der Waals surface area contributed by atoms with Crippen molar-refractivity contribution in [3.05, 3.63) is 36.0 Å². The van der Waals surface area contributed by atoms with Gasteiger partial charge < -0.3 is 5.32 Å². The lowest BCUT2D eigenvalue weighted by Gasteiger charge is -2.21. The highest BCUT2D eigenvalue weighted by Gasteiger charge is 2.17. The molecule has 1 unspecified atom stereocenters. The Kier molecular flexibility index (Phi) is 2.36. The molecule has 16 heavy (non-hydrogen) atoms. The first kappa shape index (κ1) is 9.78. The standard InChI is InChI=1S/C12H14FN3/c13-11-5-3-6-12-15-10(8-16(11)12)9-4-1-2-7-14-9/h3,5-6,8-9,14H,1-2,4,7H2. The second kappa shape index (κ2) is 3.87. The van der Waals surface area contributed by atoms with Crippen molar-refractivity contribution in [2.24, 2.45) is 0 Å². The number of nitrogens with zero attached hydrogens (tertiary/aromatic N) is 2. The highest BCUT2D eigenvalue weighted by Crippen LogP contribution is 2.22. The predicted molar refractivity (Wildman–Crippen MR) is 59.7 cm³/mol. The Morgan fingerprint density at radius 3 is 3.06 bits per heavy atom. The molecule has 2 aromatic heterocycles. The minimum absolute atomic E-state index is 0.257. The van der Waals surface area contributed by atoms with Crippen molar-refractivity contribution < 1.29 is 4.39 Å². The summed E-state index contributed by atoms with van der Waals surface area (Å²) in [5.74, 6) is -0.257. The van der Waals surface area contributed by atoms with Gasteiger partial charge in [0.2, 0.25) is 0 Å². The number of hydrogen-bond acceptors (Lipinski definition) is 2. The summed E-state index contributed by atoms with van der Waals surface area (Å²) in [5, 5.41) is 3.42. The van der Waals surface area contributed by atoms with Crippen LogP contribution in [0, 0.1) is 5.95 Å². The van der Waals surface area contributed by atoms with Gasteiger partial charge >= 0.3 is 0 Å². The van der Waals surface area contributed by atoms with Crippen LogP contribution in [0.1, 0.15) is 31.0 Å². The first-order valence-corrected chi connectivity index (χ1v) is 5.71. The average molecular weight is 219 g/mol. The summed E-state index contributed by atoms with van der Waals surface area (Å²) in [7, 11) is 0. The molecule has 3 rings (SSSR count). The van der Waals surface area contributed by atoms with Crippen LogP contribution in [0.4, 0.5) is 4.39 Å². The Labute approximate surface area is 93.3 Å². The molecule has 0 spiro atoms. The summed E-state index contributed by atoms with van der Waals surface area (Å²) in [6, 6.07) is 5.26. The topological polar surface area (TPSA) is 29.3 Å². The number of pyridine rings is 1. The van der Waals surface area contributed by atoms with Crippen LogP contribution >= 0.6 is 0 Å². The maximum absolute atomic E-state index is 13.5. The number of rotatable bonds is 1. The van der Waals surface area contributed by atoms with E-state index < -0.39 is 0 Å². The molecule has 1 N–H and O–H groups in total. The summed E-state index contributed by atoms with van der Waals surface area (Å²) >= 11 is 0. The summed E-state index contributed by atoms with van der Waals surface area (Å²) in [6.07, 6.45) is 5.32. The Morgan fingerprint density at radius 2 is 2.31 bits per heavy atom. The van der Waals surface area contributed by atoms with Crippen LogP contribution in [0.2, 0.25) is 0 Å². The van der Waals surface area contributed by atoms with Crippen molar-refractivity contribution in [3.63, 3.8) is 0 Å². The Hall–Kier alpha value is -1.42. The summed E-state index contributed by atoms with van der Waals surface area (Å²) in [4.78, 5) is 4.46. The molecular formula is C12H14FN3. The Bertz CT molecular complexity index is 500. The fraction of sp³-hybridized carbons (Fsp3) is 0.417. The van der Waals surface area contributed by atoms with Crippen LogP contribution in [0.25, 0.3) is 5.65 Å². The Balaban J connectivity index is 2.01. The maximum atomic E-state index is 13.5. The molecule has 4 heteroatoms. The first-order valence-electron chi connectivity index (χ1n) is 5.71. The van der Waals surface area contributed by atoms with Gasteiger partial charge in [-0.05, 0) is 31.5 Å². The van der Waals surface area contributed by atoms with Crippen molar-refractivity contribution in [1.82, 2.24) is 14.7 Å². The van der Waals surface area contributed by atoms with Gasteiger partial charge in [-0.25, -0.2) is 4.98 Å². The van der Waals surface area contributed by atoms with Crippen LogP contribution in [-0.4, -0.2) is 15.9 Å². The van der Waals surface area contributed by atoms with E-state index in [4.69, 9.17) is 0 Å². The molecule has 1 aliphatic rings. The molecular weight excluding hydrogens is 205 g/mol. The number of imidazole rings is 1. The highest BCUT2D eigenvalue weighted by atomic mass is 19.1. The fourth-order valence-electron chi connectivity index (χ4n) is 2.27. The van der Waals surface area contributed by atoms with Crippen LogP contribution in [0.5, 0.6) is 0 Å². The monoisotopic (exact) mass is 219 g/mol. The number of fused-ring (bicyclic) bond motifs is 1. The van der Waals surface area contributed by atoms with Gasteiger partial charge in [-0.3, -0.25) is 4.40 Å².